The fourth-order valence-electron chi connectivity index (χ4n) is 5.04. The van der Waals surface area contributed by atoms with Gasteiger partial charge in [0, 0.05) is 6.54 Å². The molecule has 0 spiro atoms. The van der Waals surface area contributed by atoms with Crippen molar-refractivity contribution < 1.29 is 22.7 Å². The summed E-state index contributed by atoms with van der Waals surface area (Å²) in [5, 5.41) is 0. The zero-order chi connectivity index (χ0) is 22.0. The minimum Gasteiger partial charge on any atom is -0.480 e. The lowest BCUT2D eigenvalue weighted by atomic mass is 9.82. The Bertz CT molecular complexity index is 937. The Kier molecular flexibility index (Phi) is 6.67. The Morgan fingerprint density at radius 3 is 2.61 bits per heavy atom. The van der Waals surface area contributed by atoms with Crippen LogP contribution in [0.4, 0.5) is 0 Å². The first kappa shape index (κ1) is 22.3. The molecule has 2 bridgehead atoms. The summed E-state index contributed by atoms with van der Waals surface area (Å²) in [4.78, 5) is 15.3. The molecule has 3 heterocycles. The number of piperidine rings is 1. The van der Waals surface area contributed by atoms with Crippen LogP contribution in [0.3, 0.4) is 0 Å². The van der Waals surface area contributed by atoms with Crippen LogP contribution in [0.25, 0.3) is 0 Å². The van der Waals surface area contributed by atoms with Crippen molar-refractivity contribution in [3.8, 4) is 5.75 Å². The van der Waals surface area contributed by atoms with Crippen LogP contribution in [-0.4, -0.2) is 62.6 Å². The number of carbonyl (C=O) groups is 1. The molecule has 1 amide bonds. The van der Waals surface area contributed by atoms with Gasteiger partial charge in [-0.3, -0.25) is 4.79 Å². The number of para-hydroxylation sites is 1. The van der Waals surface area contributed by atoms with Gasteiger partial charge in [-0.1, -0.05) is 25.1 Å². The number of hydrogen-bond acceptors (Lipinski definition) is 5. The van der Waals surface area contributed by atoms with E-state index in [0.29, 0.717) is 37.4 Å². The zero-order valence-corrected chi connectivity index (χ0v) is 19.1. The summed E-state index contributed by atoms with van der Waals surface area (Å²) in [5.41, 5.74) is 1.68. The molecule has 4 aliphatic rings. The van der Waals surface area contributed by atoms with Crippen molar-refractivity contribution in [2.24, 2.45) is 4.40 Å². The number of amides is 1. The standard InChI is InChI=1S/C23H32N2O5S/c1-3-21-23(26)25-14-6-8-19(24-31(2,27)28)20(25)15-29-17-12-10-16(11-13-17)18-7-4-5-9-22(18)30-21/h4-5,7,9,16-17,20-21H,3,6,8,10-15H2,1-2H3/b24-19+/t16?,17?,20-,21?/m0/s1. The van der Waals surface area contributed by atoms with Gasteiger partial charge in [0.05, 0.1) is 30.7 Å². The largest absolute Gasteiger partial charge is 0.480 e. The van der Waals surface area contributed by atoms with Gasteiger partial charge in [-0.25, -0.2) is 8.42 Å². The van der Waals surface area contributed by atoms with Crippen molar-refractivity contribution in [3.05, 3.63) is 29.8 Å². The van der Waals surface area contributed by atoms with Gasteiger partial charge in [-0.2, -0.15) is 4.40 Å². The first-order valence-corrected chi connectivity index (χ1v) is 13.2. The summed E-state index contributed by atoms with van der Waals surface area (Å²) < 4.78 is 40.4. The first-order chi connectivity index (χ1) is 14.9. The third kappa shape index (κ3) is 5.12. The average molecular weight is 449 g/mol. The molecule has 1 aromatic rings. The smallest absolute Gasteiger partial charge is 0.264 e. The normalized spacial score (nSPS) is 31.1. The maximum Gasteiger partial charge on any atom is 0.264 e. The number of sulfonamides is 1. The van der Waals surface area contributed by atoms with Gasteiger partial charge in [0.2, 0.25) is 10.0 Å². The highest BCUT2D eigenvalue weighted by atomic mass is 32.2. The molecule has 2 atom stereocenters. The van der Waals surface area contributed by atoms with Gasteiger partial charge in [0.1, 0.15) is 5.75 Å². The molecule has 31 heavy (non-hydrogen) atoms. The molecule has 1 aromatic carbocycles. The van der Waals surface area contributed by atoms with Crippen molar-refractivity contribution in [2.75, 3.05) is 19.4 Å². The van der Waals surface area contributed by atoms with E-state index in [1.807, 2.05) is 25.1 Å². The molecule has 1 saturated heterocycles. The Hall–Kier alpha value is -1.93. The van der Waals surface area contributed by atoms with Crippen LogP contribution in [0.1, 0.15) is 63.4 Å². The molecule has 8 heteroatoms. The number of ether oxygens (including phenoxy) is 2. The second-order valence-corrected chi connectivity index (χ2v) is 10.5. The third-order valence-electron chi connectivity index (χ3n) is 6.60. The van der Waals surface area contributed by atoms with Crippen LogP contribution in [-0.2, 0) is 19.6 Å². The lowest BCUT2D eigenvalue weighted by Gasteiger charge is -2.38. The minimum absolute atomic E-state index is 0.116. The highest BCUT2D eigenvalue weighted by molar-refractivity contribution is 7.89. The van der Waals surface area contributed by atoms with Crippen LogP contribution < -0.4 is 4.74 Å². The lowest BCUT2D eigenvalue weighted by Crippen LogP contribution is -2.55. The van der Waals surface area contributed by atoms with Crippen molar-refractivity contribution in [3.63, 3.8) is 0 Å². The van der Waals surface area contributed by atoms with E-state index in [2.05, 4.69) is 10.5 Å². The fourth-order valence-corrected chi connectivity index (χ4v) is 5.68. The third-order valence-corrected chi connectivity index (χ3v) is 7.16. The molecular formula is C23H32N2O5S. The Morgan fingerprint density at radius 1 is 1.16 bits per heavy atom. The highest BCUT2D eigenvalue weighted by Crippen LogP contribution is 2.39. The number of rotatable bonds is 2. The molecule has 2 fully saturated rings. The number of hydrogen-bond donors (Lipinski definition) is 0. The Morgan fingerprint density at radius 2 is 1.90 bits per heavy atom. The lowest BCUT2D eigenvalue weighted by molar-refractivity contribution is -0.142. The Balaban J connectivity index is 1.72. The van der Waals surface area contributed by atoms with E-state index in [1.54, 1.807) is 4.90 Å². The predicted molar refractivity (Wildman–Crippen MR) is 119 cm³/mol. The van der Waals surface area contributed by atoms with E-state index in [4.69, 9.17) is 9.47 Å². The summed E-state index contributed by atoms with van der Waals surface area (Å²) in [6, 6.07) is 7.57. The minimum atomic E-state index is -3.56. The fraction of sp³-hybridized carbons (Fsp3) is 0.652. The average Bonchev–Trinajstić information content (AvgIpc) is 2.76. The summed E-state index contributed by atoms with van der Waals surface area (Å²) in [7, 11) is -3.56. The van der Waals surface area contributed by atoms with Gasteiger partial charge in [0.25, 0.3) is 5.91 Å². The van der Waals surface area contributed by atoms with E-state index < -0.39 is 22.2 Å². The summed E-state index contributed by atoms with van der Waals surface area (Å²) in [5.74, 6) is 1.05. The molecule has 1 saturated carbocycles. The van der Waals surface area contributed by atoms with Gasteiger partial charge in [-0.15, -0.1) is 0 Å². The van der Waals surface area contributed by atoms with Crippen LogP contribution in [0.15, 0.2) is 28.7 Å². The number of fused-ring (bicyclic) bond motifs is 5. The van der Waals surface area contributed by atoms with Crippen molar-refractivity contribution >= 4 is 21.6 Å². The van der Waals surface area contributed by atoms with E-state index in [0.717, 1.165) is 37.7 Å². The van der Waals surface area contributed by atoms with E-state index in [-0.39, 0.29) is 18.6 Å². The number of carbonyl (C=O) groups excluding carboxylic acids is 1. The van der Waals surface area contributed by atoms with Gasteiger partial charge >= 0.3 is 0 Å². The number of benzene rings is 1. The van der Waals surface area contributed by atoms with Crippen LogP contribution in [0.5, 0.6) is 5.75 Å². The maximum atomic E-state index is 13.6. The van der Waals surface area contributed by atoms with Crippen LogP contribution in [0, 0.1) is 0 Å². The second-order valence-electron chi connectivity index (χ2n) is 8.83. The highest BCUT2D eigenvalue weighted by Gasteiger charge is 2.38. The molecule has 1 aliphatic carbocycles. The van der Waals surface area contributed by atoms with Crippen molar-refractivity contribution in [1.29, 1.82) is 0 Å². The van der Waals surface area contributed by atoms with Crippen LogP contribution in [0.2, 0.25) is 0 Å². The molecule has 5 rings (SSSR count). The monoisotopic (exact) mass is 448 g/mol. The maximum absolute atomic E-state index is 13.6. The quantitative estimate of drug-likeness (QED) is 0.693. The Labute approximate surface area is 184 Å². The van der Waals surface area contributed by atoms with Crippen molar-refractivity contribution in [1.82, 2.24) is 4.90 Å². The molecule has 7 nitrogen and oxygen atoms in total. The summed E-state index contributed by atoms with van der Waals surface area (Å²) in [6.07, 6.45) is 6.24. The molecule has 0 aromatic heterocycles. The van der Waals surface area contributed by atoms with E-state index >= 15 is 0 Å². The predicted octanol–water partition coefficient (Wildman–Crippen LogP) is 3.29. The van der Waals surface area contributed by atoms with Gasteiger partial charge < -0.3 is 14.4 Å². The topological polar surface area (TPSA) is 85.3 Å². The first-order valence-electron chi connectivity index (χ1n) is 11.3. The van der Waals surface area contributed by atoms with E-state index in [9.17, 15) is 13.2 Å². The zero-order valence-electron chi connectivity index (χ0n) is 18.3. The second kappa shape index (κ2) is 9.28. The summed E-state index contributed by atoms with van der Waals surface area (Å²) in [6.45, 7) is 2.76. The van der Waals surface area contributed by atoms with Crippen LogP contribution >= 0.6 is 0 Å². The number of nitrogens with zero attached hydrogens (tertiary/aromatic N) is 2. The molecule has 0 N–H and O–H groups in total. The molecule has 170 valence electrons. The molecular weight excluding hydrogens is 416 g/mol. The molecule has 0 radical (unpaired) electrons. The molecule has 1 unspecified atom stereocenters. The summed E-state index contributed by atoms with van der Waals surface area (Å²) >= 11 is 0. The molecule has 3 aliphatic heterocycles. The SMILES string of the molecule is CCC1Oc2ccccc2C2CCC(CC2)OC[C@H]2/C(=N/S(C)(=O)=O)CCCN2C1=O. The van der Waals surface area contributed by atoms with Crippen molar-refractivity contribution in [2.45, 2.75) is 76.0 Å². The van der Waals surface area contributed by atoms with E-state index in [1.165, 1.54) is 5.56 Å². The van der Waals surface area contributed by atoms with Gasteiger partial charge in [-0.05, 0) is 62.5 Å². The van der Waals surface area contributed by atoms with Gasteiger partial charge in [0.15, 0.2) is 6.10 Å².